The van der Waals surface area contributed by atoms with Crippen LogP contribution < -0.4 is 10.2 Å². The second kappa shape index (κ2) is 10.8. The first-order chi connectivity index (χ1) is 12.7. The molecule has 0 aliphatic carbocycles. The van der Waals surface area contributed by atoms with Crippen molar-refractivity contribution >= 4 is 11.4 Å². The normalized spacial score (nSPS) is 15.6. The van der Waals surface area contributed by atoms with Gasteiger partial charge in [0.1, 0.15) is 0 Å². The van der Waals surface area contributed by atoms with Gasteiger partial charge in [-0.15, -0.1) is 0 Å². The summed E-state index contributed by atoms with van der Waals surface area (Å²) >= 11 is 0. The average molecular weight is 359 g/mol. The third kappa shape index (κ3) is 5.41. The Kier molecular flexibility index (Phi) is 8.81. The summed E-state index contributed by atoms with van der Waals surface area (Å²) < 4.78 is 0. The Morgan fingerprint density at radius 2 is 1.54 bits per heavy atom. The molecule has 1 heterocycles. The average Bonchev–Trinajstić information content (AvgIpc) is 2.67. The maximum absolute atomic E-state index is 4.06. The fourth-order valence-electron chi connectivity index (χ4n) is 4.38. The largest absolute Gasteiger partial charge is 0.376 e. The van der Waals surface area contributed by atoms with Crippen molar-refractivity contribution < 1.29 is 0 Å². The number of nitrogens with zero attached hydrogens (tertiary/aromatic N) is 1. The van der Waals surface area contributed by atoms with E-state index in [1.54, 1.807) is 5.56 Å². The number of fused-ring (bicyclic) bond motifs is 1. The lowest BCUT2D eigenvalue weighted by Gasteiger charge is -2.47. The number of anilines is 2. The Bertz CT molecular complexity index is 515. The van der Waals surface area contributed by atoms with E-state index in [9.17, 15) is 0 Å². The highest BCUT2D eigenvalue weighted by Gasteiger charge is 2.37. The fourth-order valence-corrected chi connectivity index (χ4v) is 4.38. The quantitative estimate of drug-likeness (QED) is 0.425. The molecule has 0 aromatic heterocycles. The van der Waals surface area contributed by atoms with E-state index >= 15 is 0 Å². The number of nitrogens with one attached hydrogen (secondary N) is 1. The van der Waals surface area contributed by atoms with Crippen molar-refractivity contribution in [3.8, 4) is 0 Å². The third-order valence-corrected chi connectivity index (χ3v) is 5.93. The summed E-state index contributed by atoms with van der Waals surface area (Å²) in [5.74, 6) is 0. The van der Waals surface area contributed by atoms with Crippen LogP contribution in [0.2, 0.25) is 0 Å². The second-order valence-corrected chi connectivity index (χ2v) is 8.30. The summed E-state index contributed by atoms with van der Waals surface area (Å²) in [6.45, 7) is 11.6. The molecule has 1 N–H and O–H groups in total. The minimum atomic E-state index is 0.260. The van der Waals surface area contributed by atoms with E-state index in [1.165, 1.54) is 95.1 Å². The molecule has 0 unspecified atom stereocenters. The Morgan fingerprint density at radius 3 is 2.15 bits per heavy atom. The van der Waals surface area contributed by atoms with Crippen molar-refractivity contribution in [3.63, 3.8) is 0 Å². The minimum Gasteiger partial charge on any atom is -0.376 e. The predicted molar refractivity (Wildman–Crippen MR) is 118 cm³/mol. The van der Waals surface area contributed by atoms with Gasteiger partial charge in [0.15, 0.2) is 0 Å². The van der Waals surface area contributed by atoms with Gasteiger partial charge in [-0.1, -0.05) is 78.4 Å². The molecule has 1 aliphatic heterocycles. The van der Waals surface area contributed by atoms with E-state index in [0.29, 0.717) is 0 Å². The van der Waals surface area contributed by atoms with Crippen LogP contribution in [0.1, 0.15) is 97.5 Å². The lowest BCUT2D eigenvalue weighted by atomic mass is 9.83. The van der Waals surface area contributed by atoms with Gasteiger partial charge in [0, 0.05) is 13.1 Å². The molecule has 1 aliphatic rings. The molecule has 0 saturated carbocycles. The van der Waals surface area contributed by atoms with Gasteiger partial charge in [-0.3, -0.25) is 0 Å². The van der Waals surface area contributed by atoms with Gasteiger partial charge in [0.25, 0.3) is 0 Å². The van der Waals surface area contributed by atoms with Gasteiger partial charge in [-0.05, 0) is 43.7 Å². The number of para-hydroxylation sites is 1. The van der Waals surface area contributed by atoms with Crippen molar-refractivity contribution in [2.45, 2.75) is 104 Å². The smallest absolute Gasteiger partial charge is 0.0635 e. The molecule has 2 rings (SSSR count). The Labute approximate surface area is 162 Å². The van der Waals surface area contributed by atoms with Crippen LogP contribution in [0.4, 0.5) is 11.4 Å². The molecule has 26 heavy (non-hydrogen) atoms. The maximum atomic E-state index is 4.06. The first-order valence-electron chi connectivity index (χ1n) is 11.3. The van der Waals surface area contributed by atoms with E-state index < -0.39 is 0 Å². The van der Waals surface area contributed by atoms with Gasteiger partial charge < -0.3 is 10.2 Å². The topological polar surface area (TPSA) is 15.3 Å². The lowest BCUT2D eigenvalue weighted by Crippen LogP contribution is -2.53. The molecule has 2 nitrogen and oxygen atoms in total. The zero-order chi connectivity index (χ0) is 18.8. The van der Waals surface area contributed by atoms with Crippen molar-refractivity contribution in [1.82, 2.24) is 0 Å². The van der Waals surface area contributed by atoms with Crippen LogP contribution in [-0.2, 0) is 6.42 Å². The molecule has 0 amide bonds. The highest BCUT2D eigenvalue weighted by Crippen LogP contribution is 2.41. The molecule has 2 heteroatoms. The molecule has 0 atom stereocenters. The Morgan fingerprint density at radius 1 is 0.885 bits per heavy atom. The van der Waals surface area contributed by atoms with Crippen molar-refractivity contribution in [1.29, 1.82) is 0 Å². The molecule has 0 fully saturated rings. The predicted octanol–water partition coefficient (Wildman–Crippen LogP) is 7.18. The molecule has 1 aromatic rings. The van der Waals surface area contributed by atoms with Crippen LogP contribution in [0.3, 0.4) is 0 Å². The molecule has 0 saturated heterocycles. The fraction of sp³-hybridized carbons (Fsp3) is 0.750. The van der Waals surface area contributed by atoms with Gasteiger partial charge in [0.05, 0.1) is 16.9 Å². The van der Waals surface area contributed by atoms with Crippen LogP contribution in [0.25, 0.3) is 0 Å². The summed E-state index contributed by atoms with van der Waals surface area (Å²) in [5, 5.41) is 4.06. The standard InChI is InChI=1S/C24H42N2/c1-5-9-14-21-15-13-16-22-23(21)26(19-12-8-4)20-24(25-22,17-10-6-2)18-11-7-3/h13,15-16,25H,5-12,14,17-20H2,1-4H3. The summed E-state index contributed by atoms with van der Waals surface area (Å²) in [7, 11) is 0. The lowest BCUT2D eigenvalue weighted by molar-refractivity contribution is 0.365. The second-order valence-electron chi connectivity index (χ2n) is 8.30. The minimum absolute atomic E-state index is 0.260. The van der Waals surface area contributed by atoms with E-state index in [1.807, 2.05) is 0 Å². The van der Waals surface area contributed by atoms with Gasteiger partial charge in [0.2, 0.25) is 0 Å². The zero-order valence-electron chi connectivity index (χ0n) is 17.9. The number of aryl methyl sites for hydroxylation is 1. The van der Waals surface area contributed by atoms with Crippen molar-refractivity contribution in [2.75, 3.05) is 23.3 Å². The maximum Gasteiger partial charge on any atom is 0.0635 e. The molecule has 0 radical (unpaired) electrons. The van der Waals surface area contributed by atoms with Crippen LogP contribution in [-0.4, -0.2) is 18.6 Å². The monoisotopic (exact) mass is 358 g/mol. The third-order valence-electron chi connectivity index (χ3n) is 5.93. The molecule has 0 bridgehead atoms. The Balaban J connectivity index is 2.35. The number of benzene rings is 1. The highest BCUT2D eigenvalue weighted by atomic mass is 15.2. The zero-order valence-corrected chi connectivity index (χ0v) is 17.9. The van der Waals surface area contributed by atoms with Crippen LogP contribution in [0, 0.1) is 0 Å². The van der Waals surface area contributed by atoms with Crippen LogP contribution in [0.5, 0.6) is 0 Å². The summed E-state index contributed by atoms with van der Waals surface area (Å²) in [5.41, 5.74) is 4.72. The molecular formula is C24H42N2. The van der Waals surface area contributed by atoms with E-state index in [4.69, 9.17) is 0 Å². The van der Waals surface area contributed by atoms with E-state index in [-0.39, 0.29) is 5.54 Å². The van der Waals surface area contributed by atoms with Gasteiger partial charge in [-0.25, -0.2) is 0 Å². The van der Waals surface area contributed by atoms with E-state index in [0.717, 1.165) is 0 Å². The number of unbranched alkanes of at least 4 members (excludes halogenated alkanes) is 4. The van der Waals surface area contributed by atoms with Gasteiger partial charge in [-0.2, -0.15) is 0 Å². The number of hydrogen-bond donors (Lipinski definition) is 1. The van der Waals surface area contributed by atoms with Crippen LogP contribution >= 0.6 is 0 Å². The van der Waals surface area contributed by atoms with Crippen molar-refractivity contribution in [2.24, 2.45) is 0 Å². The van der Waals surface area contributed by atoms with Gasteiger partial charge >= 0.3 is 0 Å². The van der Waals surface area contributed by atoms with Crippen molar-refractivity contribution in [3.05, 3.63) is 23.8 Å². The SMILES string of the molecule is CCCCc1cccc2c1N(CCCC)CC(CCCC)(CCCC)N2. The highest BCUT2D eigenvalue weighted by molar-refractivity contribution is 5.77. The number of rotatable bonds is 12. The first-order valence-corrected chi connectivity index (χ1v) is 11.3. The van der Waals surface area contributed by atoms with Crippen LogP contribution in [0.15, 0.2) is 18.2 Å². The van der Waals surface area contributed by atoms with E-state index in [2.05, 4.69) is 56.1 Å². The Hall–Kier alpha value is -1.18. The first kappa shape index (κ1) is 21.1. The summed E-state index contributed by atoms with van der Waals surface area (Å²) in [6.07, 6.45) is 14.1. The summed E-state index contributed by atoms with van der Waals surface area (Å²) in [4.78, 5) is 2.74. The summed E-state index contributed by atoms with van der Waals surface area (Å²) in [6, 6.07) is 6.96. The molecular weight excluding hydrogens is 316 g/mol. The number of hydrogen-bond acceptors (Lipinski definition) is 2. The molecule has 1 aromatic carbocycles. The molecule has 0 spiro atoms. The molecule has 148 valence electrons.